The second kappa shape index (κ2) is 8.98. The summed E-state index contributed by atoms with van der Waals surface area (Å²) >= 11 is 0. The molecule has 142 valence electrons. The molecule has 0 aromatic heterocycles. The number of hydrogen-bond donors (Lipinski definition) is 1. The molecule has 6 nitrogen and oxygen atoms in total. The second-order valence-electron chi connectivity index (χ2n) is 6.38. The third kappa shape index (κ3) is 5.17. The van der Waals surface area contributed by atoms with E-state index in [1.165, 1.54) is 0 Å². The van der Waals surface area contributed by atoms with E-state index in [0.717, 1.165) is 5.56 Å². The summed E-state index contributed by atoms with van der Waals surface area (Å²) in [5.74, 6) is -1.58. The molecule has 0 aliphatic carbocycles. The van der Waals surface area contributed by atoms with E-state index in [-0.39, 0.29) is 12.2 Å². The molecule has 1 N–H and O–H groups in total. The number of esters is 2. The van der Waals surface area contributed by atoms with Crippen molar-refractivity contribution in [2.24, 2.45) is 0 Å². The number of hydrogen-bond acceptors (Lipinski definition) is 5. The lowest BCUT2D eigenvalue weighted by atomic mass is 9.85. The fourth-order valence-corrected chi connectivity index (χ4v) is 2.45. The zero-order chi connectivity index (χ0) is 19.9. The van der Waals surface area contributed by atoms with E-state index in [4.69, 9.17) is 9.47 Å². The van der Waals surface area contributed by atoms with Gasteiger partial charge in [-0.25, -0.2) is 4.79 Å². The number of amides is 1. The third-order valence-electron chi connectivity index (χ3n) is 4.04. The van der Waals surface area contributed by atoms with Gasteiger partial charge in [0.15, 0.2) is 6.61 Å². The number of nitrogens with one attached hydrogen (secondary N) is 1. The lowest BCUT2D eigenvalue weighted by Gasteiger charge is -2.22. The minimum absolute atomic E-state index is 0.229. The second-order valence-corrected chi connectivity index (χ2v) is 6.38. The lowest BCUT2D eigenvalue weighted by Crippen LogP contribution is -2.33. The van der Waals surface area contributed by atoms with Crippen molar-refractivity contribution < 1.29 is 23.9 Å². The molecule has 27 heavy (non-hydrogen) atoms. The van der Waals surface area contributed by atoms with Crippen LogP contribution in [0.1, 0.15) is 36.7 Å². The summed E-state index contributed by atoms with van der Waals surface area (Å²) in [6, 6.07) is 15.7. The van der Waals surface area contributed by atoms with Crippen molar-refractivity contribution in [2.75, 3.05) is 18.5 Å². The Kier molecular flexibility index (Phi) is 6.71. The van der Waals surface area contributed by atoms with Crippen molar-refractivity contribution in [3.63, 3.8) is 0 Å². The summed E-state index contributed by atoms with van der Waals surface area (Å²) in [6.07, 6.45) is 0. The molecule has 1 amide bonds. The van der Waals surface area contributed by atoms with Gasteiger partial charge in [-0.05, 0) is 38.5 Å². The van der Waals surface area contributed by atoms with Crippen molar-refractivity contribution in [3.05, 3.63) is 65.7 Å². The van der Waals surface area contributed by atoms with Crippen molar-refractivity contribution in [1.82, 2.24) is 0 Å². The Balaban J connectivity index is 1.99. The summed E-state index contributed by atoms with van der Waals surface area (Å²) in [6.45, 7) is 4.95. The number of carbonyl (C=O) groups is 3. The Labute approximate surface area is 158 Å². The van der Waals surface area contributed by atoms with Crippen LogP contribution >= 0.6 is 0 Å². The Morgan fingerprint density at radius 3 is 2.22 bits per heavy atom. The monoisotopic (exact) mass is 369 g/mol. The highest BCUT2D eigenvalue weighted by molar-refractivity contribution is 6.02. The number of ether oxygens (including phenoxy) is 2. The van der Waals surface area contributed by atoms with E-state index >= 15 is 0 Å². The molecule has 0 aliphatic heterocycles. The van der Waals surface area contributed by atoms with Crippen LogP contribution in [0.3, 0.4) is 0 Å². The predicted molar refractivity (Wildman–Crippen MR) is 101 cm³/mol. The Morgan fingerprint density at radius 1 is 0.926 bits per heavy atom. The molecule has 0 heterocycles. The van der Waals surface area contributed by atoms with Gasteiger partial charge in [-0.15, -0.1) is 0 Å². The highest BCUT2D eigenvalue weighted by Gasteiger charge is 2.31. The van der Waals surface area contributed by atoms with Crippen molar-refractivity contribution in [1.29, 1.82) is 0 Å². The first-order valence-corrected chi connectivity index (χ1v) is 8.65. The molecule has 2 rings (SSSR count). The molecule has 2 aromatic carbocycles. The van der Waals surface area contributed by atoms with Gasteiger partial charge in [-0.3, -0.25) is 9.59 Å². The van der Waals surface area contributed by atoms with E-state index in [0.29, 0.717) is 5.69 Å². The van der Waals surface area contributed by atoms with Crippen LogP contribution in [-0.4, -0.2) is 31.1 Å². The molecule has 0 atom stereocenters. The summed E-state index contributed by atoms with van der Waals surface area (Å²) in [5, 5.41) is 2.58. The van der Waals surface area contributed by atoms with Gasteiger partial charge in [-0.2, -0.15) is 0 Å². The molecule has 0 saturated heterocycles. The standard InChI is InChI=1S/C21H23NO5/c1-4-26-19(24)16-12-8-9-13-17(16)22-18(23)14-27-20(25)21(2,3)15-10-6-5-7-11-15/h5-13H,4,14H2,1-3H3,(H,22,23). The van der Waals surface area contributed by atoms with Crippen LogP contribution in [0, 0.1) is 0 Å². The smallest absolute Gasteiger partial charge is 0.340 e. The number of benzene rings is 2. The first-order chi connectivity index (χ1) is 12.9. The molecule has 0 unspecified atom stereocenters. The zero-order valence-corrected chi connectivity index (χ0v) is 15.7. The van der Waals surface area contributed by atoms with Crippen molar-refractivity contribution in [2.45, 2.75) is 26.2 Å². The summed E-state index contributed by atoms with van der Waals surface area (Å²) < 4.78 is 10.1. The molecular formula is C21H23NO5. The molecule has 0 saturated carbocycles. The topological polar surface area (TPSA) is 81.7 Å². The van der Waals surface area contributed by atoms with E-state index in [2.05, 4.69) is 5.32 Å². The Hall–Kier alpha value is -3.15. The van der Waals surface area contributed by atoms with Crippen molar-refractivity contribution >= 4 is 23.5 Å². The quantitative estimate of drug-likeness (QED) is 0.757. The van der Waals surface area contributed by atoms with E-state index in [9.17, 15) is 14.4 Å². The molecule has 0 spiro atoms. The van der Waals surface area contributed by atoms with Crippen molar-refractivity contribution in [3.8, 4) is 0 Å². The average molecular weight is 369 g/mol. The van der Waals surface area contributed by atoms with Gasteiger partial charge in [0.25, 0.3) is 5.91 Å². The maximum absolute atomic E-state index is 12.4. The first-order valence-electron chi connectivity index (χ1n) is 8.65. The fourth-order valence-electron chi connectivity index (χ4n) is 2.45. The van der Waals surface area contributed by atoms with Crippen LogP contribution in [0.5, 0.6) is 0 Å². The number of rotatable bonds is 7. The van der Waals surface area contributed by atoms with Gasteiger partial charge >= 0.3 is 11.9 Å². The van der Waals surface area contributed by atoms with E-state index in [1.54, 1.807) is 45.0 Å². The highest BCUT2D eigenvalue weighted by atomic mass is 16.5. The molecule has 0 bridgehead atoms. The minimum atomic E-state index is -0.885. The van der Waals surface area contributed by atoms with E-state index in [1.807, 2.05) is 30.3 Å². The molecule has 0 aliphatic rings. The largest absolute Gasteiger partial charge is 0.462 e. The zero-order valence-electron chi connectivity index (χ0n) is 15.7. The van der Waals surface area contributed by atoms with Crippen LogP contribution in [0.25, 0.3) is 0 Å². The van der Waals surface area contributed by atoms with Gasteiger partial charge in [0.05, 0.1) is 23.3 Å². The summed E-state index contributed by atoms with van der Waals surface area (Å²) in [4.78, 5) is 36.5. The summed E-state index contributed by atoms with van der Waals surface area (Å²) in [7, 11) is 0. The highest BCUT2D eigenvalue weighted by Crippen LogP contribution is 2.24. The Bertz CT molecular complexity index is 814. The normalized spacial score (nSPS) is 10.8. The molecule has 0 fully saturated rings. The van der Waals surface area contributed by atoms with Gasteiger partial charge in [0.2, 0.25) is 0 Å². The van der Waals surface area contributed by atoms with Gasteiger partial charge < -0.3 is 14.8 Å². The molecule has 6 heteroatoms. The van der Waals surface area contributed by atoms with Crippen LogP contribution < -0.4 is 5.32 Å². The Morgan fingerprint density at radius 2 is 1.56 bits per heavy atom. The number of anilines is 1. The summed E-state index contributed by atoms with van der Waals surface area (Å²) in [5.41, 5.74) is 0.454. The van der Waals surface area contributed by atoms with Crippen LogP contribution in [0.4, 0.5) is 5.69 Å². The molecular weight excluding hydrogens is 346 g/mol. The van der Waals surface area contributed by atoms with Crippen LogP contribution in [-0.2, 0) is 24.5 Å². The SMILES string of the molecule is CCOC(=O)c1ccccc1NC(=O)COC(=O)C(C)(C)c1ccccc1. The van der Waals surface area contributed by atoms with Crippen LogP contribution in [0.2, 0.25) is 0 Å². The fraction of sp³-hybridized carbons (Fsp3) is 0.286. The molecule has 0 radical (unpaired) electrons. The van der Waals surface area contributed by atoms with Gasteiger partial charge in [0.1, 0.15) is 0 Å². The number of carbonyl (C=O) groups excluding carboxylic acids is 3. The van der Waals surface area contributed by atoms with E-state index < -0.39 is 29.9 Å². The van der Waals surface area contributed by atoms with Crippen LogP contribution in [0.15, 0.2) is 54.6 Å². The predicted octanol–water partition coefficient (Wildman–Crippen LogP) is 3.32. The minimum Gasteiger partial charge on any atom is -0.462 e. The average Bonchev–Trinajstić information content (AvgIpc) is 2.67. The van der Waals surface area contributed by atoms with Gasteiger partial charge in [0, 0.05) is 0 Å². The first kappa shape index (κ1) is 20.2. The maximum atomic E-state index is 12.4. The van der Waals surface area contributed by atoms with Gasteiger partial charge in [-0.1, -0.05) is 42.5 Å². The third-order valence-corrected chi connectivity index (χ3v) is 4.04. The lowest BCUT2D eigenvalue weighted by molar-refractivity contribution is -0.152. The maximum Gasteiger partial charge on any atom is 0.340 e. The molecule has 2 aromatic rings. The number of para-hydroxylation sites is 1.